The molecule has 4 nitrogen and oxygen atoms in total. The molecule has 0 aliphatic rings. The van der Waals surface area contributed by atoms with Crippen LogP contribution in [-0.4, -0.2) is 33.5 Å². The third-order valence-corrected chi connectivity index (χ3v) is 5.30. The number of unbranched alkanes of at least 4 members (excludes halogenated alkanes) is 11. The minimum Gasteiger partial charge on any atom is -0.481 e. The number of carboxylic acids is 1. The van der Waals surface area contributed by atoms with Gasteiger partial charge in [-0.2, -0.15) is 0 Å². The maximum atomic E-state index is 11.4. The standard InChI is InChI=1S/C22H44O4/c1-3-5-7-9-10-11-12-13-14-16-19(23)18-21(24)20(22(25)26)17-15-8-6-4-2/h19-21,23-24H,3-18H2,1-2H3,(H,25,26). The molecule has 0 fully saturated rings. The molecular weight excluding hydrogens is 328 g/mol. The molecule has 0 rings (SSSR count). The molecule has 0 heterocycles. The van der Waals surface area contributed by atoms with Crippen LogP contribution in [0, 0.1) is 5.92 Å². The topological polar surface area (TPSA) is 77.8 Å². The molecule has 3 atom stereocenters. The third-order valence-electron chi connectivity index (χ3n) is 5.30. The molecule has 0 aliphatic carbocycles. The lowest BCUT2D eigenvalue weighted by Gasteiger charge is -2.21. The van der Waals surface area contributed by atoms with Crippen molar-refractivity contribution >= 4 is 5.97 Å². The predicted molar refractivity (Wildman–Crippen MR) is 108 cm³/mol. The van der Waals surface area contributed by atoms with Crippen LogP contribution in [0.15, 0.2) is 0 Å². The summed E-state index contributed by atoms with van der Waals surface area (Å²) in [6.07, 6.45) is 15.0. The molecule has 0 aromatic carbocycles. The highest BCUT2D eigenvalue weighted by Gasteiger charge is 2.27. The van der Waals surface area contributed by atoms with Crippen molar-refractivity contribution in [3.8, 4) is 0 Å². The molecule has 26 heavy (non-hydrogen) atoms. The van der Waals surface area contributed by atoms with Gasteiger partial charge in [0.15, 0.2) is 0 Å². The summed E-state index contributed by atoms with van der Waals surface area (Å²) in [6, 6.07) is 0. The number of aliphatic hydroxyl groups is 2. The van der Waals surface area contributed by atoms with Crippen LogP contribution in [0.3, 0.4) is 0 Å². The van der Waals surface area contributed by atoms with Gasteiger partial charge in [-0.3, -0.25) is 4.79 Å². The molecule has 0 aromatic heterocycles. The maximum absolute atomic E-state index is 11.4. The molecule has 156 valence electrons. The van der Waals surface area contributed by atoms with E-state index in [-0.39, 0.29) is 6.42 Å². The summed E-state index contributed by atoms with van der Waals surface area (Å²) in [5.41, 5.74) is 0. The number of hydrogen-bond donors (Lipinski definition) is 3. The van der Waals surface area contributed by atoms with E-state index in [1.165, 1.54) is 44.9 Å². The first-order chi connectivity index (χ1) is 12.5. The van der Waals surface area contributed by atoms with Crippen molar-refractivity contribution in [1.82, 2.24) is 0 Å². The van der Waals surface area contributed by atoms with Crippen molar-refractivity contribution < 1.29 is 20.1 Å². The normalized spacial score (nSPS) is 14.9. The lowest BCUT2D eigenvalue weighted by atomic mass is 9.90. The van der Waals surface area contributed by atoms with Crippen LogP contribution in [0.2, 0.25) is 0 Å². The first-order valence-electron chi connectivity index (χ1n) is 11.1. The molecule has 0 amide bonds. The molecule has 0 bridgehead atoms. The molecule has 0 saturated heterocycles. The molecule has 0 saturated carbocycles. The summed E-state index contributed by atoms with van der Waals surface area (Å²) in [4.78, 5) is 11.4. The zero-order chi connectivity index (χ0) is 19.6. The Balaban J connectivity index is 3.80. The van der Waals surface area contributed by atoms with Crippen LogP contribution in [0.5, 0.6) is 0 Å². The van der Waals surface area contributed by atoms with Gasteiger partial charge in [-0.15, -0.1) is 0 Å². The highest BCUT2D eigenvalue weighted by Crippen LogP contribution is 2.20. The lowest BCUT2D eigenvalue weighted by Crippen LogP contribution is -2.31. The van der Waals surface area contributed by atoms with Gasteiger partial charge in [0, 0.05) is 6.42 Å². The predicted octanol–water partition coefficient (Wildman–Crippen LogP) is 5.69. The van der Waals surface area contributed by atoms with Gasteiger partial charge >= 0.3 is 5.97 Å². The molecule has 3 N–H and O–H groups in total. The average molecular weight is 373 g/mol. The molecule has 0 aromatic rings. The third kappa shape index (κ3) is 14.5. The fourth-order valence-corrected chi connectivity index (χ4v) is 3.52. The summed E-state index contributed by atoms with van der Waals surface area (Å²) in [5, 5.41) is 29.6. The number of carbonyl (C=O) groups is 1. The van der Waals surface area contributed by atoms with Crippen molar-refractivity contribution in [2.24, 2.45) is 5.92 Å². The summed E-state index contributed by atoms with van der Waals surface area (Å²) in [5.74, 6) is -1.69. The van der Waals surface area contributed by atoms with Gasteiger partial charge in [-0.05, 0) is 12.8 Å². The van der Waals surface area contributed by atoms with Crippen LogP contribution >= 0.6 is 0 Å². The minimum atomic E-state index is -0.942. The van der Waals surface area contributed by atoms with Crippen molar-refractivity contribution in [3.63, 3.8) is 0 Å². The molecule has 3 unspecified atom stereocenters. The van der Waals surface area contributed by atoms with E-state index >= 15 is 0 Å². The fourth-order valence-electron chi connectivity index (χ4n) is 3.52. The molecule has 4 heteroatoms. The second-order valence-electron chi connectivity index (χ2n) is 7.87. The van der Waals surface area contributed by atoms with E-state index in [1.54, 1.807) is 0 Å². The lowest BCUT2D eigenvalue weighted by molar-refractivity contribution is -0.146. The minimum absolute atomic E-state index is 0.182. The van der Waals surface area contributed by atoms with Crippen molar-refractivity contribution in [1.29, 1.82) is 0 Å². The second-order valence-corrected chi connectivity index (χ2v) is 7.87. The Morgan fingerprint density at radius 2 is 1.12 bits per heavy atom. The number of aliphatic hydroxyl groups excluding tert-OH is 2. The smallest absolute Gasteiger partial charge is 0.309 e. The van der Waals surface area contributed by atoms with E-state index < -0.39 is 24.1 Å². The largest absolute Gasteiger partial charge is 0.481 e. The van der Waals surface area contributed by atoms with Crippen LogP contribution < -0.4 is 0 Å². The van der Waals surface area contributed by atoms with Gasteiger partial charge in [-0.25, -0.2) is 0 Å². The van der Waals surface area contributed by atoms with Crippen LogP contribution in [0.25, 0.3) is 0 Å². The van der Waals surface area contributed by atoms with Gasteiger partial charge in [0.2, 0.25) is 0 Å². The van der Waals surface area contributed by atoms with Gasteiger partial charge in [0.1, 0.15) is 0 Å². The Morgan fingerprint density at radius 1 is 0.692 bits per heavy atom. The zero-order valence-corrected chi connectivity index (χ0v) is 17.3. The fraction of sp³-hybridized carbons (Fsp3) is 0.955. The maximum Gasteiger partial charge on any atom is 0.309 e. The Morgan fingerprint density at radius 3 is 1.62 bits per heavy atom. The number of hydrogen-bond acceptors (Lipinski definition) is 3. The Hall–Kier alpha value is -0.610. The van der Waals surface area contributed by atoms with E-state index in [1.807, 2.05) is 0 Å². The Bertz CT molecular complexity index is 319. The molecule has 0 aliphatic heterocycles. The molecular formula is C22H44O4. The van der Waals surface area contributed by atoms with Crippen LogP contribution in [0.1, 0.15) is 117 Å². The first kappa shape index (κ1) is 25.4. The quantitative estimate of drug-likeness (QED) is 0.254. The summed E-state index contributed by atoms with van der Waals surface area (Å²) in [6.45, 7) is 4.35. The highest BCUT2D eigenvalue weighted by atomic mass is 16.4. The van der Waals surface area contributed by atoms with Gasteiger partial charge in [0.05, 0.1) is 18.1 Å². The monoisotopic (exact) mass is 372 g/mol. The van der Waals surface area contributed by atoms with E-state index in [0.29, 0.717) is 12.8 Å². The van der Waals surface area contributed by atoms with Crippen molar-refractivity contribution in [2.45, 2.75) is 129 Å². The summed E-state index contributed by atoms with van der Waals surface area (Å²) in [7, 11) is 0. The Kier molecular flexibility index (Phi) is 17.4. The Labute approximate surface area is 161 Å². The summed E-state index contributed by atoms with van der Waals surface area (Å²) < 4.78 is 0. The number of aliphatic carboxylic acids is 1. The van der Waals surface area contributed by atoms with Gasteiger partial charge < -0.3 is 15.3 Å². The van der Waals surface area contributed by atoms with E-state index in [2.05, 4.69) is 13.8 Å². The van der Waals surface area contributed by atoms with Crippen LogP contribution in [-0.2, 0) is 4.79 Å². The van der Waals surface area contributed by atoms with Crippen LogP contribution in [0.4, 0.5) is 0 Å². The van der Waals surface area contributed by atoms with E-state index in [9.17, 15) is 20.1 Å². The van der Waals surface area contributed by atoms with Gasteiger partial charge in [0.25, 0.3) is 0 Å². The SMILES string of the molecule is CCCCCCCCCCCC(O)CC(O)C(CCCCCC)C(=O)O. The van der Waals surface area contributed by atoms with Crippen molar-refractivity contribution in [3.05, 3.63) is 0 Å². The highest BCUT2D eigenvalue weighted by molar-refractivity contribution is 5.70. The van der Waals surface area contributed by atoms with Crippen molar-refractivity contribution in [2.75, 3.05) is 0 Å². The number of carboxylic acid groups (broad SMARTS) is 1. The van der Waals surface area contributed by atoms with E-state index in [0.717, 1.165) is 38.5 Å². The first-order valence-corrected chi connectivity index (χ1v) is 11.1. The van der Waals surface area contributed by atoms with E-state index in [4.69, 9.17) is 0 Å². The summed E-state index contributed by atoms with van der Waals surface area (Å²) >= 11 is 0. The number of rotatable bonds is 19. The zero-order valence-electron chi connectivity index (χ0n) is 17.3. The molecule has 0 radical (unpaired) electrons. The second kappa shape index (κ2) is 17.8. The average Bonchev–Trinajstić information content (AvgIpc) is 2.59. The molecule has 0 spiro atoms. The van der Waals surface area contributed by atoms with Gasteiger partial charge in [-0.1, -0.05) is 97.3 Å².